The van der Waals surface area contributed by atoms with Gasteiger partial charge in [-0.2, -0.15) is 0 Å². The molecule has 0 N–H and O–H groups in total. The Morgan fingerprint density at radius 1 is 0.944 bits per heavy atom. The van der Waals surface area contributed by atoms with E-state index < -0.39 is 17.8 Å². The smallest absolute Gasteiger partial charge is 0.443 e. The van der Waals surface area contributed by atoms with Gasteiger partial charge in [-0.15, -0.1) is 4.74 Å². The molecule has 3 aromatic rings. The number of benzene rings is 2. The molecule has 36 heavy (non-hydrogen) atoms. The largest absolute Gasteiger partial charge is 0.494 e. The van der Waals surface area contributed by atoms with Crippen LogP contribution in [0.2, 0.25) is 0 Å². The molecule has 1 aromatic heterocycles. The molecule has 2 aromatic carbocycles. The fourth-order valence-corrected chi connectivity index (χ4v) is 7.79. The lowest BCUT2D eigenvalue weighted by Gasteiger charge is -2.21. The highest BCUT2D eigenvalue weighted by atomic mass is 32.7. The molecule has 0 aliphatic rings. The lowest BCUT2D eigenvalue weighted by Crippen LogP contribution is -2.27. The van der Waals surface area contributed by atoms with Crippen molar-refractivity contribution in [2.75, 3.05) is 12.8 Å². The van der Waals surface area contributed by atoms with Crippen LogP contribution in [-0.4, -0.2) is 22.1 Å². The van der Waals surface area contributed by atoms with Crippen molar-refractivity contribution in [3.8, 4) is 11.4 Å². The molecule has 0 fully saturated rings. The number of unbranched alkanes of at least 4 members (excludes halogenated alkanes) is 3. The molecule has 0 spiro atoms. The molecule has 0 amide bonds. The summed E-state index contributed by atoms with van der Waals surface area (Å²) in [4.78, 5) is 25.4. The first-order chi connectivity index (χ1) is 17.1. The van der Waals surface area contributed by atoms with Crippen molar-refractivity contribution >= 4 is 23.0 Å². The molecule has 7 nitrogen and oxygen atoms in total. The van der Waals surface area contributed by atoms with E-state index in [1.807, 2.05) is 31.2 Å². The summed E-state index contributed by atoms with van der Waals surface area (Å²) in [6, 6.07) is 14.6. The van der Waals surface area contributed by atoms with Gasteiger partial charge < -0.3 is 13.8 Å². The molecular formula is C27H37N2O5PS. The van der Waals surface area contributed by atoms with E-state index in [-0.39, 0.29) is 11.3 Å². The van der Waals surface area contributed by atoms with Crippen LogP contribution in [0.5, 0.6) is 5.75 Å². The first kappa shape index (κ1) is 28.1. The number of rotatable bonds is 12. The van der Waals surface area contributed by atoms with Gasteiger partial charge in [-0.05, 0) is 41.7 Å². The number of hydrogen-bond acceptors (Lipinski definition) is 6. The van der Waals surface area contributed by atoms with Gasteiger partial charge in [0.15, 0.2) is 6.34 Å². The average molecular weight is 533 g/mol. The highest BCUT2D eigenvalue weighted by Crippen LogP contribution is 2.57. The Hall–Kier alpha value is -2.44. The van der Waals surface area contributed by atoms with Crippen LogP contribution in [-0.2, 0) is 15.9 Å². The second kappa shape index (κ2) is 12.2. The minimum absolute atomic E-state index is 0.00394. The van der Waals surface area contributed by atoms with Crippen LogP contribution in [0.15, 0.2) is 62.6 Å². The van der Waals surface area contributed by atoms with Crippen molar-refractivity contribution in [1.29, 1.82) is 0 Å². The van der Waals surface area contributed by atoms with E-state index in [1.165, 1.54) is 12.8 Å². The van der Waals surface area contributed by atoms with Crippen LogP contribution in [0.25, 0.3) is 5.69 Å². The molecule has 0 bridgehead atoms. The molecule has 0 saturated carbocycles. The van der Waals surface area contributed by atoms with Crippen molar-refractivity contribution in [1.82, 2.24) is 9.31 Å². The summed E-state index contributed by atoms with van der Waals surface area (Å²) in [5, 5.41) is 0.727. The van der Waals surface area contributed by atoms with Gasteiger partial charge in [-0.1, -0.05) is 89.5 Å². The van der Waals surface area contributed by atoms with E-state index in [2.05, 4.69) is 27.7 Å². The lowest BCUT2D eigenvalue weighted by molar-refractivity contribution is 0.302. The molecule has 0 aliphatic carbocycles. The monoisotopic (exact) mass is 532 g/mol. The molecule has 0 saturated heterocycles. The van der Waals surface area contributed by atoms with Gasteiger partial charge in [0.1, 0.15) is 5.75 Å². The van der Waals surface area contributed by atoms with Crippen LogP contribution >= 0.6 is 17.7 Å². The third-order valence-corrected chi connectivity index (χ3v) is 11.8. The summed E-state index contributed by atoms with van der Waals surface area (Å²) in [7, 11) is 0. The predicted octanol–water partition coefficient (Wildman–Crippen LogP) is 6.16. The summed E-state index contributed by atoms with van der Waals surface area (Å²) in [5.41, 5.74) is 0.971. The summed E-state index contributed by atoms with van der Waals surface area (Å²) in [6.45, 7) is 11.0. The Morgan fingerprint density at radius 2 is 1.61 bits per heavy atom. The predicted molar refractivity (Wildman–Crippen MR) is 149 cm³/mol. The molecule has 0 radical (unpaired) electrons. The maximum absolute atomic E-state index is 13.7. The van der Waals surface area contributed by atoms with Crippen molar-refractivity contribution < 1.29 is 13.8 Å². The Bertz CT molecular complexity index is 1280. The standard InChI is InChI=1S/C27H37N2O5PS/c1-6-8-9-10-19-33-23-15-13-22(14-16-23)29-25(30)28(26(31)34-29)20-36-35(32,7-2)24-17-11-21(12-18-24)27(3,4)5/h11-18H,6-10,19-20H2,1-5H3. The van der Waals surface area contributed by atoms with Gasteiger partial charge in [0.25, 0.3) is 0 Å². The molecule has 0 aliphatic heterocycles. The normalized spacial score (nSPS) is 13.5. The fraction of sp³-hybridized carbons (Fsp3) is 0.481. The van der Waals surface area contributed by atoms with E-state index in [4.69, 9.17) is 9.26 Å². The Morgan fingerprint density at radius 3 is 2.19 bits per heavy atom. The maximum atomic E-state index is 13.7. The maximum Gasteiger partial charge on any atom is 0.443 e. The zero-order chi connectivity index (χ0) is 26.3. The van der Waals surface area contributed by atoms with Crippen molar-refractivity contribution in [2.45, 2.75) is 71.6 Å². The first-order valence-corrected chi connectivity index (χ1v) is 16.0. The molecule has 1 unspecified atom stereocenters. The van der Waals surface area contributed by atoms with Crippen molar-refractivity contribution in [2.24, 2.45) is 0 Å². The minimum atomic E-state index is -2.87. The Balaban J connectivity index is 1.71. The van der Waals surface area contributed by atoms with Gasteiger partial charge >= 0.3 is 11.4 Å². The summed E-state index contributed by atoms with van der Waals surface area (Å²) in [5.74, 6) is -0.143. The molecule has 1 atom stereocenters. The molecule has 9 heteroatoms. The highest BCUT2D eigenvalue weighted by molar-refractivity contribution is 8.59. The van der Waals surface area contributed by atoms with Crippen molar-refractivity contribution in [3.63, 3.8) is 0 Å². The van der Waals surface area contributed by atoms with Gasteiger partial charge in [-0.3, -0.25) is 0 Å². The SMILES string of the molecule is CCCCCCOc1ccc(-n2oc(=O)n(CSP(=O)(CC)c3ccc(C(C)(C)C)cc3)c2=O)cc1. The van der Waals surface area contributed by atoms with Gasteiger partial charge in [0, 0.05) is 11.5 Å². The van der Waals surface area contributed by atoms with Gasteiger partial charge in [0.2, 0.25) is 0 Å². The summed E-state index contributed by atoms with van der Waals surface area (Å²) in [6.07, 6.45) is 2.03. The van der Waals surface area contributed by atoms with Gasteiger partial charge in [0.05, 0.1) is 18.2 Å². The Kier molecular flexibility index (Phi) is 9.53. The van der Waals surface area contributed by atoms with Crippen LogP contribution in [0, 0.1) is 0 Å². The first-order valence-electron chi connectivity index (χ1n) is 12.5. The average Bonchev–Trinajstić information content (AvgIpc) is 3.15. The van der Waals surface area contributed by atoms with E-state index in [1.54, 1.807) is 24.3 Å². The third-order valence-electron chi connectivity index (χ3n) is 6.07. The molecule has 196 valence electrons. The topological polar surface area (TPSA) is 83.4 Å². The quantitative estimate of drug-likeness (QED) is 0.205. The van der Waals surface area contributed by atoms with Crippen LogP contribution < -0.4 is 21.5 Å². The lowest BCUT2D eigenvalue weighted by atomic mass is 9.87. The van der Waals surface area contributed by atoms with E-state index in [0.717, 1.165) is 44.4 Å². The number of nitrogens with zero attached hydrogens (tertiary/aromatic N) is 2. The molecular weight excluding hydrogens is 495 g/mol. The second-order valence-corrected chi connectivity index (χ2v) is 15.4. The van der Waals surface area contributed by atoms with Gasteiger partial charge in [-0.25, -0.2) is 14.2 Å². The fourth-order valence-electron chi connectivity index (χ4n) is 3.71. The minimum Gasteiger partial charge on any atom is -0.494 e. The zero-order valence-electron chi connectivity index (χ0n) is 21.9. The molecule has 3 rings (SSSR count). The number of ether oxygens (including phenoxy) is 1. The highest BCUT2D eigenvalue weighted by Gasteiger charge is 2.26. The second-order valence-electron chi connectivity index (χ2n) is 9.81. The number of aromatic nitrogens is 2. The Labute approximate surface area is 216 Å². The third kappa shape index (κ3) is 6.86. The van der Waals surface area contributed by atoms with Crippen LogP contribution in [0.4, 0.5) is 0 Å². The van der Waals surface area contributed by atoms with E-state index >= 15 is 0 Å². The number of hydrogen-bond donors (Lipinski definition) is 0. The molecule has 1 heterocycles. The van der Waals surface area contributed by atoms with Crippen LogP contribution in [0.3, 0.4) is 0 Å². The van der Waals surface area contributed by atoms with Crippen molar-refractivity contribution in [3.05, 3.63) is 75.1 Å². The van der Waals surface area contributed by atoms with E-state index in [0.29, 0.717) is 24.2 Å². The summed E-state index contributed by atoms with van der Waals surface area (Å²) >= 11 is 1.12. The van der Waals surface area contributed by atoms with Crippen LogP contribution in [0.1, 0.15) is 65.9 Å². The zero-order valence-corrected chi connectivity index (χ0v) is 23.6. The van der Waals surface area contributed by atoms with E-state index in [9.17, 15) is 14.2 Å². The summed E-state index contributed by atoms with van der Waals surface area (Å²) < 4.78 is 26.6.